The molecular weight excluding hydrogens is 326 g/mol. The van der Waals surface area contributed by atoms with Gasteiger partial charge < -0.3 is 9.73 Å². The summed E-state index contributed by atoms with van der Waals surface area (Å²) in [6, 6.07) is 16.8. The maximum Gasteiger partial charge on any atom is 0.288 e. The molecule has 132 valence electrons. The number of para-hydroxylation sites is 1. The van der Waals surface area contributed by atoms with E-state index in [1.807, 2.05) is 49.4 Å². The van der Waals surface area contributed by atoms with E-state index in [1.54, 1.807) is 12.1 Å². The number of carbonyl (C=O) groups excluding carboxylic acids is 2. The number of hydrogen-bond donors (Lipinski definition) is 1. The van der Waals surface area contributed by atoms with E-state index in [9.17, 15) is 9.59 Å². The molecule has 26 heavy (non-hydrogen) atoms. The number of Topliss-reactive ketones (excluding diaryl/α,β-unsaturated/α-hetero) is 1. The summed E-state index contributed by atoms with van der Waals surface area (Å²) in [6.45, 7) is 1.88. The van der Waals surface area contributed by atoms with Crippen LogP contribution in [-0.4, -0.2) is 17.2 Å². The minimum absolute atomic E-state index is 0.0160. The van der Waals surface area contributed by atoms with Crippen molar-refractivity contribution in [1.29, 1.82) is 0 Å². The molecule has 0 radical (unpaired) electrons. The van der Waals surface area contributed by atoms with Gasteiger partial charge in [-0.2, -0.15) is 0 Å². The molecule has 1 aliphatic rings. The predicted octanol–water partition coefficient (Wildman–Crippen LogP) is 4.67. The van der Waals surface area contributed by atoms with Crippen molar-refractivity contribution in [1.82, 2.24) is 5.32 Å². The molecule has 3 aromatic rings. The van der Waals surface area contributed by atoms with E-state index in [0.29, 0.717) is 29.7 Å². The van der Waals surface area contributed by atoms with Crippen molar-refractivity contribution in [2.24, 2.45) is 0 Å². The first-order valence-electron chi connectivity index (χ1n) is 9.01. The van der Waals surface area contributed by atoms with E-state index < -0.39 is 5.54 Å². The molecule has 1 aromatic heterocycles. The maximum atomic E-state index is 13.1. The molecular formula is C22H21NO3. The van der Waals surface area contributed by atoms with E-state index in [4.69, 9.17) is 4.42 Å². The van der Waals surface area contributed by atoms with Gasteiger partial charge >= 0.3 is 0 Å². The van der Waals surface area contributed by atoms with Crippen molar-refractivity contribution in [3.8, 4) is 0 Å². The lowest BCUT2D eigenvalue weighted by Gasteiger charge is -2.28. The molecule has 0 atom stereocenters. The van der Waals surface area contributed by atoms with Gasteiger partial charge in [0.1, 0.15) is 11.1 Å². The summed E-state index contributed by atoms with van der Waals surface area (Å²) in [6.07, 6.45) is 3.17. The van der Waals surface area contributed by atoms with Crippen LogP contribution in [0.2, 0.25) is 0 Å². The SMILES string of the molecule is Cc1c(C(=O)NC2(C(=O)c3ccccc3)CCCC2)oc2ccccc12. The van der Waals surface area contributed by atoms with E-state index in [0.717, 1.165) is 23.8 Å². The molecule has 0 unspecified atom stereocenters. The molecule has 4 rings (SSSR count). The van der Waals surface area contributed by atoms with Crippen LogP contribution in [0.25, 0.3) is 11.0 Å². The van der Waals surface area contributed by atoms with Crippen LogP contribution in [-0.2, 0) is 0 Å². The zero-order valence-electron chi connectivity index (χ0n) is 14.7. The average molecular weight is 347 g/mol. The lowest BCUT2D eigenvalue weighted by Crippen LogP contribution is -2.52. The zero-order valence-corrected chi connectivity index (χ0v) is 14.7. The molecule has 1 saturated carbocycles. The Balaban J connectivity index is 1.67. The number of nitrogens with one attached hydrogen (secondary N) is 1. The molecule has 1 heterocycles. The van der Waals surface area contributed by atoms with E-state index in [1.165, 1.54) is 0 Å². The van der Waals surface area contributed by atoms with Gasteiger partial charge in [-0.05, 0) is 25.8 Å². The number of amides is 1. The van der Waals surface area contributed by atoms with Crippen molar-refractivity contribution in [2.45, 2.75) is 38.1 Å². The van der Waals surface area contributed by atoms with Gasteiger partial charge in [-0.3, -0.25) is 9.59 Å². The minimum atomic E-state index is -0.843. The Morgan fingerprint density at radius 3 is 2.31 bits per heavy atom. The molecule has 1 N–H and O–H groups in total. The molecule has 0 aliphatic heterocycles. The van der Waals surface area contributed by atoms with Crippen LogP contribution < -0.4 is 5.32 Å². The molecule has 0 saturated heterocycles. The average Bonchev–Trinajstić information content (AvgIpc) is 3.28. The summed E-state index contributed by atoms with van der Waals surface area (Å²) in [5.41, 5.74) is 1.28. The van der Waals surface area contributed by atoms with E-state index >= 15 is 0 Å². The largest absolute Gasteiger partial charge is 0.451 e. The molecule has 1 amide bonds. The summed E-state index contributed by atoms with van der Waals surface area (Å²) >= 11 is 0. The number of rotatable bonds is 4. The van der Waals surface area contributed by atoms with Crippen LogP contribution >= 0.6 is 0 Å². The highest BCUT2D eigenvalue weighted by atomic mass is 16.3. The normalized spacial score (nSPS) is 15.9. The second kappa shape index (κ2) is 6.45. The monoisotopic (exact) mass is 347 g/mol. The second-order valence-electron chi connectivity index (χ2n) is 6.99. The second-order valence-corrected chi connectivity index (χ2v) is 6.99. The highest BCUT2D eigenvalue weighted by Crippen LogP contribution is 2.34. The number of carbonyl (C=O) groups is 2. The van der Waals surface area contributed by atoms with Gasteiger partial charge in [0, 0.05) is 16.5 Å². The quantitative estimate of drug-likeness (QED) is 0.698. The smallest absolute Gasteiger partial charge is 0.288 e. The summed E-state index contributed by atoms with van der Waals surface area (Å²) in [5, 5.41) is 3.95. The van der Waals surface area contributed by atoms with Crippen LogP contribution in [0.4, 0.5) is 0 Å². The van der Waals surface area contributed by atoms with Crippen molar-refractivity contribution in [3.63, 3.8) is 0 Å². The number of benzene rings is 2. The van der Waals surface area contributed by atoms with Crippen LogP contribution in [0.3, 0.4) is 0 Å². The number of hydrogen-bond acceptors (Lipinski definition) is 3. The van der Waals surface area contributed by atoms with Gasteiger partial charge in [0.25, 0.3) is 5.91 Å². The standard InChI is InChI=1S/C22H21NO3/c1-15-17-11-5-6-12-18(17)26-19(15)21(25)23-22(13-7-8-14-22)20(24)16-9-3-2-4-10-16/h2-6,9-12H,7-8,13-14H2,1H3,(H,23,25). The Bertz CT molecular complexity index is 965. The molecule has 1 aliphatic carbocycles. The Morgan fingerprint density at radius 2 is 1.62 bits per heavy atom. The van der Waals surface area contributed by atoms with Crippen molar-refractivity contribution < 1.29 is 14.0 Å². The van der Waals surface area contributed by atoms with Crippen LogP contribution in [0.15, 0.2) is 59.0 Å². The third-order valence-electron chi connectivity index (χ3n) is 5.33. The van der Waals surface area contributed by atoms with Gasteiger partial charge in [-0.25, -0.2) is 0 Å². The van der Waals surface area contributed by atoms with E-state index in [2.05, 4.69) is 5.32 Å². The summed E-state index contributed by atoms with van der Waals surface area (Å²) in [7, 11) is 0. The number of aryl methyl sites for hydroxylation is 1. The molecule has 4 heteroatoms. The Kier molecular flexibility index (Phi) is 4.11. The Morgan fingerprint density at radius 1 is 0.962 bits per heavy atom. The van der Waals surface area contributed by atoms with Gasteiger partial charge in [0.15, 0.2) is 11.5 Å². The third kappa shape index (κ3) is 2.71. The molecule has 4 nitrogen and oxygen atoms in total. The van der Waals surface area contributed by atoms with Gasteiger partial charge in [-0.15, -0.1) is 0 Å². The van der Waals surface area contributed by atoms with Crippen LogP contribution in [0.5, 0.6) is 0 Å². The fourth-order valence-corrected chi connectivity index (χ4v) is 3.92. The first kappa shape index (κ1) is 16.6. The number of furan rings is 1. The van der Waals surface area contributed by atoms with Crippen molar-refractivity contribution in [2.75, 3.05) is 0 Å². The van der Waals surface area contributed by atoms with Crippen molar-refractivity contribution in [3.05, 3.63) is 71.5 Å². The van der Waals surface area contributed by atoms with Gasteiger partial charge in [0.2, 0.25) is 0 Å². The number of ketones is 1. The van der Waals surface area contributed by atoms with Crippen molar-refractivity contribution >= 4 is 22.7 Å². The van der Waals surface area contributed by atoms with Crippen LogP contribution in [0.1, 0.15) is 52.2 Å². The summed E-state index contributed by atoms with van der Waals surface area (Å²) in [5.74, 6) is -0.0408. The minimum Gasteiger partial charge on any atom is -0.451 e. The maximum absolute atomic E-state index is 13.1. The fraction of sp³-hybridized carbons (Fsp3) is 0.273. The first-order valence-corrected chi connectivity index (χ1v) is 9.01. The summed E-state index contributed by atoms with van der Waals surface area (Å²) in [4.78, 5) is 26.1. The third-order valence-corrected chi connectivity index (χ3v) is 5.33. The van der Waals surface area contributed by atoms with Gasteiger partial charge in [0.05, 0.1) is 0 Å². The lowest BCUT2D eigenvalue weighted by atomic mass is 9.87. The zero-order chi connectivity index (χ0) is 18.1. The molecule has 2 aromatic carbocycles. The Hall–Kier alpha value is -2.88. The summed E-state index contributed by atoms with van der Waals surface area (Å²) < 4.78 is 5.78. The van der Waals surface area contributed by atoms with Gasteiger partial charge in [-0.1, -0.05) is 61.4 Å². The highest BCUT2D eigenvalue weighted by molar-refractivity contribution is 6.08. The molecule has 0 spiro atoms. The molecule has 0 bridgehead atoms. The fourth-order valence-electron chi connectivity index (χ4n) is 3.92. The van der Waals surface area contributed by atoms with Crippen LogP contribution in [0, 0.1) is 6.92 Å². The first-order chi connectivity index (χ1) is 12.6. The predicted molar refractivity (Wildman–Crippen MR) is 100 cm³/mol. The molecule has 1 fully saturated rings. The number of fused-ring (bicyclic) bond motifs is 1. The lowest BCUT2D eigenvalue weighted by molar-refractivity contribution is 0.0757. The van der Waals surface area contributed by atoms with E-state index in [-0.39, 0.29) is 11.7 Å². The highest BCUT2D eigenvalue weighted by Gasteiger charge is 2.43. The topological polar surface area (TPSA) is 59.3 Å². The Labute approximate surface area is 152 Å².